The zero-order valence-corrected chi connectivity index (χ0v) is 21.9. The zero-order valence-electron chi connectivity index (χ0n) is 21.9. The Morgan fingerprint density at radius 3 is 2.33 bits per heavy atom. The number of halogens is 1. The molecule has 1 aliphatic heterocycles. The van der Waals surface area contributed by atoms with E-state index in [1.165, 1.54) is 61.8 Å². The summed E-state index contributed by atoms with van der Waals surface area (Å²) in [5.41, 5.74) is 3.54. The summed E-state index contributed by atoms with van der Waals surface area (Å²) in [5.74, 6) is 1.60. The van der Waals surface area contributed by atoms with Gasteiger partial charge in [0.1, 0.15) is 18.2 Å². The van der Waals surface area contributed by atoms with E-state index in [4.69, 9.17) is 4.74 Å². The second-order valence-corrected chi connectivity index (χ2v) is 10.5. The summed E-state index contributed by atoms with van der Waals surface area (Å²) in [7, 11) is 0. The number of nitrogens with zero attached hydrogens (tertiary/aromatic N) is 3. The number of nitriles is 1. The zero-order chi connectivity index (χ0) is 25.2. The van der Waals surface area contributed by atoms with Gasteiger partial charge < -0.3 is 9.64 Å². The van der Waals surface area contributed by atoms with Crippen LogP contribution in [0.5, 0.6) is 5.75 Å². The van der Waals surface area contributed by atoms with Gasteiger partial charge in [-0.05, 0) is 91.9 Å². The van der Waals surface area contributed by atoms with Crippen molar-refractivity contribution in [2.75, 3.05) is 45.9 Å². The van der Waals surface area contributed by atoms with Gasteiger partial charge in [-0.1, -0.05) is 38.3 Å². The van der Waals surface area contributed by atoms with Crippen molar-refractivity contribution in [1.29, 1.82) is 5.26 Å². The molecule has 2 aliphatic rings. The van der Waals surface area contributed by atoms with Gasteiger partial charge in [-0.2, -0.15) is 5.26 Å². The van der Waals surface area contributed by atoms with Gasteiger partial charge in [0.05, 0.1) is 11.6 Å². The molecule has 0 N–H and O–H groups in total. The van der Waals surface area contributed by atoms with E-state index in [2.05, 4.69) is 41.0 Å². The number of hydrogen-bond acceptors (Lipinski definition) is 4. The first-order chi connectivity index (χ1) is 17.7. The van der Waals surface area contributed by atoms with Crippen LogP contribution < -0.4 is 4.74 Å². The summed E-state index contributed by atoms with van der Waals surface area (Å²) < 4.78 is 18.8. The standard InChI is InChI=1S/C31H42FN3O/c1-2-25(31-15-10-27(23-28(31)24-33)26-7-4-3-5-8-26)9-6-16-34-17-19-35(20-18-34)21-22-36-30-13-11-29(32)12-14-30/h10-15,23,25-26H,2-9,16-22H2,1H3. The molecule has 1 unspecified atom stereocenters. The van der Waals surface area contributed by atoms with Gasteiger partial charge in [0.25, 0.3) is 0 Å². The molecule has 0 spiro atoms. The second-order valence-electron chi connectivity index (χ2n) is 10.5. The molecule has 1 heterocycles. The maximum absolute atomic E-state index is 13.0. The minimum Gasteiger partial charge on any atom is -0.492 e. The van der Waals surface area contributed by atoms with Gasteiger partial charge >= 0.3 is 0 Å². The third kappa shape index (κ3) is 7.54. The van der Waals surface area contributed by atoms with Crippen molar-refractivity contribution < 1.29 is 9.13 Å². The van der Waals surface area contributed by atoms with Gasteiger partial charge in [0.2, 0.25) is 0 Å². The molecule has 1 aliphatic carbocycles. The topological polar surface area (TPSA) is 39.5 Å². The molecule has 5 heteroatoms. The van der Waals surface area contributed by atoms with Crippen molar-refractivity contribution in [3.8, 4) is 11.8 Å². The third-order valence-corrected chi connectivity index (χ3v) is 8.19. The molecule has 0 radical (unpaired) electrons. The van der Waals surface area contributed by atoms with Crippen LogP contribution >= 0.6 is 0 Å². The molecular formula is C31H42FN3O. The highest BCUT2D eigenvalue weighted by Crippen LogP contribution is 2.35. The predicted octanol–water partition coefficient (Wildman–Crippen LogP) is 6.72. The van der Waals surface area contributed by atoms with E-state index in [0.717, 1.165) is 63.4 Å². The van der Waals surface area contributed by atoms with E-state index in [-0.39, 0.29) is 5.82 Å². The van der Waals surface area contributed by atoms with E-state index in [0.29, 0.717) is 18.4 Å². The Morgan fingerprint density at radius 2 is 1.67 bits per heavy atom. The van der Waals surface area contributed by atoms with Crippen molar-refractivity contribution >= 4 is 0 Å². The second kappa shape index (κ2) is 13.8. The monoisotopic (exact) mass is 491 g/mol. The van der Waals surface area contributed by atoms with E-state index >= 15 is 0 Å². The molecule has 1 saturated heterocycles. The Kier molecular flexibility index (Phi) is 10.2. The fourth-order valence-electron chi connectivity index (χ4n) is 5.92. The molecule has 1 atom stereocenters. The summed E-state index contributed by atoms with van der Waals surface area (Å²) in [6.45, 7) is 9.21. The van der Waals surface area contributed by atoms with Crippen LogP contribution in [0.25, 0.3) is 0 Å². The molecule has 194 valence electrons. The van der Waals surface area contributed by atoms with E-state index < -0.39 is 0 Å². The van der Waals surface area contributed by atoms with Crippen molar-refractivity contribution in [1.82, 2.24) is 9.80 Å². The van der Waals surface area contributed by atoms with Gasteiger partial charge in [-0.3, -0.25) is 4.90 Å². The van der Waals surface area contributed by atoms with Crippen molar-refractivity contribution in [2.45, 2.75) is 70.1 Å². The van der Waals surface area contributed by atoms with Gasteiger partial charge in [-0.15, -0.1) is 0 Å². The molecule has 36 heavy (non-hydrogen) atoms. The van der Waals surface area contributed by atoms with E-state index in [1.807, 2.05) is 0 Å². The summed E-state index contributed by atoms with van der Waals surface area (Å²) in [5, 5.41) is 9.89. The lowest BCUT2D eigenvalue weighted by Crippen LogP contribution is -2.47. The first-order valence-corrected chi connectivity index (χ1v) is 14.0. The van der Waals surface area contributed by atoms with Crippen LogP contribution in [0, 0.1) is 17.1 Å². The lowest BCUT2D eigenvalue weighted by atomic mass is 9.81. The lowest BCUT2D eigenvalue weighted by molar-refractivity contribution is 0.115. The molecule has 0 aromatic heterocycles. The maximum Gasteiger partial charge on any atom is 0.123 e. The predicted molar refractivity (Wildman–Crippen MR) is 144 cm³/mol. The molecule has 2 aromatic rings. The molecule has 2 fully saturated rings. The normalized spacial score (nSPS) is 18.6. The number of piperazine rings is 1. The summed E-state index contributed by atoms with van der Waals surface area (Å²) in [6.07, 6.45) is 9.94. The number of hydrogen-bond donors (Lipinski definition) is 0. The lowest BCUT2D eigenvalue weighted by Gasteiger charge is -2.34. The number of rotatable bonds is 11. The molecule has 4 nitrogen and oxygen atoms in total. The van der Waals surface area contributed by atoms with E-state index in [9.17, 15) is 9.65 Å². The van der Waals surface area contributed by atoms with Crippen molar-refractivity contribution in [3.63, 3.8) is 0 Å². The maximum atomic E-state index is 13.0. The fraction of sp³-hybridized carbons (Fsp3) is 0.581. The molecule has 0 bridgehead atoms. The fourth-order valence-corrected chi connectivity index (χ4v) is 5.92. The van der Waals surface area contributed by atoms with Crippen LogP contribution in [0.4, 0.5) is 4.39 Å². The van der Waals surface area contributed by atoms with Crippen LogP contribution in [0.1, 0.15) is 86.8 Å². The van der Waals surface area contributed by atoms with Crippen LogP contribution in [-0.4, -0.2) is 55.7 Å². The largest absolute Gasteiger partial charge is 0.492 e. The van der Waals surface area contributed by atoms with Crippen LogP contribution in [0.15, 0.2) is 42.5 Å². The molecular weight excluding hydrogens is 449 g/mol. The molecule has 2 aromatic carbocycles. The minimum absolute atomic E-state index is 0.234. The van der Waals surface area contributed by atoms with Crippen LogP contribution in [0.3, 0.4) is 0 Å². The molecule has 1 saturated carbocycles. The molecule has 4 rings (SSSR count). The summed E-state index contributed by atoms with van der Waals surface area (Å²) in [6, 6.07) is 15.5. The first-order valence-electron chi connectivity index (χ1n) is 14.0. The minimum atomic E-state index is -0.234. The Hall–Kier alpha value is -2.42. The summed E-state index contributed by atoms with van der Waals surface area (Å²) >= 11 is 0. The Morgan fingerprint density at radius 1 is 0.972 bits per heavy atom. The van der Waals surface area contributed by atoms with Crippen molar-refractivity contribution in [3.05, 3.63) is 65.0 Å². The Labute approximate surface area is 217 Å². The van der Waals surface area contributed by atoms with Gasteiger partial charge in [0, 0.05) is 32.7 Å². The highest BCUT2D eigenvalue weighted by atomic mass is 19.1. The highest BCUT2D eigenvalue weighted by molar-refractivity contribution is 5.43. The van der Waals surface area contributed by atoms with E-state index in [1.54, 1.807) is 12.1 Å². The first kappa shape index (κ1) is 26.6. The third-order valence-electron chi connectivity index (χ3n) is 8.19. The number of benzene rings is 2. The Balaban J connectivity index is 1.18. The number of ether oxygens (including phenoxy) is 1. The van der Waals surface area contributed by atoms with Gasteiger partial charge in [0.15, 0.2) is 0 Å². The average Bonchev–Trinajstić information content (AvgIpc) is 2.93. The smallest absolute Gasteiger partial charge is 0.123 e. The summed E-state index contributed by atoms with van der Waals surface area (Å²) in [4.78, 5) is 5.02. The SMILES string of the molecule is CCC(CCCN1CCN(CCOc2ccc(F)cc2)CC1)c1ccc(C2CCCCC2)cc1C#N. The molecule has 0 amide bonds. The highest BCUT2D eigenvalue weighted by Gasteiger charge is 2.21. The quantitative estimate of drug-likeness (QED) is 0.350. The van der Waals surface area contributed by atoms with Crippen LogP contribution in [-0.2, 0) is 0 Å². The Bertz CT molecular complexity index is 972. The van der Waals surface area contributed by atoms with Crippen LogP contribution in [0.2, 0.25) is 0 Å². The average molecular weight is 492 g/mol. The van der Waals surface area contributed by atoms with Gasteiger partial charge in [-0.25, -0.2) is 4.39 Å². The van der Waals surface area contributed by atoms with Crippen molar-refractivity contribution in [2.24, 2.45) is 0 Å².